The number of rotatable bonds is 5. The molecule has 0 spiro atoms. The molecule has 5 heteroatoms. The smallest absolute Gasteiger partial charge is 0.159 e. The summed E-state index contributed by atoms with van der Waals surface area (Å²) in [4.78, 5) is 0. The molecule has 0 amide bonds. The summed E-state index contributed by atoms with van der Waals surface area (Å²) in [6.07, 6.45) is 8.70. The molecule has 1 atom stereocenters. The molecule has 1 aliphatic carbocycles. The number of aromatic nitrogens is 2. The Morgan fingerprint density at radius 2 is 2.05 bits per heavy atom. The molecule has 2 N–H and O–H groups in total. The molecule has 106 valence electrons. The highest BCUT2D eigenvalue weighted by atomic mass is 16.7. The maximum absolute atomic E-state index is 6.14. The maximum Gasteiger partial charge on any atom is 0.159 e. The predicted octanol–water partition coefficient (Wildman–Crippen LogP) is 1.63. The fourth-order valence-electron chi connectivity index (χ4n) is 3.00. The highest BCUT2D eigenvalue weighted by molar-refractivity contribution is 5.02. The molecule has 5 nitrogen and oxygen atoms in total. The van der Waals surface area contributed by atoms with Crippen molar-refractivity contribution < 1.29 is 9.47 Å². The number of hydrogen-bond acceptors (Lipinski definition) is 4. The Morgan fingerprint density at radius 1 is 1.32 bits per heavy atom. The SMILES string of the molecule is NC(Cc1ccn(C2CCCC2)n1)CC1OCCO1. The van der Waals surface area contributed by atoms with Gasteiger partial charge < -0.3 is 15.2 Å². The maximum atomic E-state index is 6.14. The van der Waals surface area contributed by atoms with Crippen LogP contribution in [0.2, 0.25) is 0 Å². The average Bonchev–Trinajstić information content (AvgIpc) is 3.09. The topological polar surface area (TPSA) is 62.3 Å². The summed E-state index contributed by atoms with van der Waals surface area (Å²) in [6, 6.07) is 2.75. The minimum absolute atomic E-state index is 0.0510. The van der Waals surface area contributed by atoms with Crippen LogP contribution in [0.4, 0.5) is 0 Å². The lowest BCUT2D eigenvalue weighted by molar-refractivity contribution is -0.0505. The lowest BCUT2D eigenvalue weighted by Crippen LogP contribution is -2.29. The number of hydrogen-bond donors (Lipinski definition) is 1. The lowest BCUT2D eigenvalue weighted by atomic mass is 10.1. The van der Waals surface area contributed by atoms with Gasteiger partial charge in [0.1, 0.15) is 0 Å². The van der Waals surface area contributed by atoms with Gasteiger partial charge in [-0.2, -0.15) is 5.10 Å². The number of ether oxygens (including phenoxy) is 2. The van der Waals surface area contributed by atoms with Crippen molar-refractivity contribution in [2.45, 2.75) is 56.9 Å². The van der Waals surface area contributed by atoms with Gasteiger partial charge in [-0.05, 0) is 18.9 Å². The van der Waals surface area contributed by atoms with Gasteiger partial charge in [-0.3, -0.25) is 4.68 Å². The summed E-state index contributed by atoms with van der Waals surface area (Å²) in [5, 5.41) is 4.66. The summed E-state index contributed by atoms with van der Waals surface area (Å²) in [6.45, 7) is 1.38. The Labute approximate surface area is 114 Å². The first-order valence-corrected chi connectivity index (χ1v) is 7.34. The summed E-state index contributed by atoms with van der Waals surface area (Å²) >= 11 is 0. The van der Waals surface area contributed by atoms with Crippen LogP contribution in [0.15, 0.2) is 12.3 Å². The first-order valence-electron chi connectivity index (χ1n) is 7.34. The Morgan fingerprint density at radius 3 is 2.79 bits per heavy atom. The fraction of sp³-hybridized carbons (Fsp3) is 0.786. The largest absolute Gasteiger partial charge is 0.350 e. The molecule has 3 rings (SSSR count). The Bertz CT molecular complexity index is 395. The lowest BCUT2D eigenvalue weighted by Gasteiger charge is -2.14. The molecule has 0 aromatic carbocycles. The molecule has 1 saturated heterocycles. The Hall–Kier alpha value is -0.910. The van der Waals surface area contributed by atoms with Crippen molar-refractivity contribution in [3.63, 3.8) is 0 Å². The van der Waals surface area contributed by atoms with E-state index in [1.807, 2.05) is 0 Å². The number of nitrogens with zero attached hydrogens (tertiary/aromatic N) is 2. The van der Waals surface area contributed by atoms with Crippen molar-refractivity contribution in [3.05, 3.63) is 18.0 Å². The minimum atomic E-state index is -0.119. The third kappa shape index (κ3) is 3.35. The van der Waals surface area contributed by atoms with Crippen molar-refractivity contribution in [2.24, 2.45) is 5.73 Å². The average molecular weight is 265 g/mol. The molecule has 0 bridgehead atoms. The van der Waals surface area contributed by atoms with Crippen molar-refractivity contribution in [1.82, 2.24) is 9.78 Å². The molecule has 0 radical (unpaired) electrons. The third-order valence-corrected chi connectivity index (χ3v) is 4.02. The molecule has 2 fully saturated rings. The summed E-state index contributed by atoms with van der Waals surface area (Å²) < 4.78 is 13.0. The zero-order valence-electron chi connectivity index (χ0n) is 11.3. The van der Waals surface area contributed by atoms with Crippen LogP contribution < -0.4 is 5.73 Å². The van der Waals surface area contributed by atoms with E-state index in [2.05, 4.69) is 22.0 Å². The van der Waals surface area contributed by atoms with Gasteiger partial charge in [-0.25, -0.2) is 0 Å². The second-order valence-corrected chi connectivity index (χ2v) is 5.60. The van der Waals surface area contributed by atoms with E-state index in [1.165, 1.54) is 25.7 Å². The van der Waals surface area contributed by atoms with Crippen LogP contribution >= 0.6 is 0 Å². The molecule has 1 aromatic heterocycles. The molecule has 1 aliphatic heterocycles. The van der Waals surface area contributed by atoms with Gasteiger partial charge in [0.25, 0.3) is 0 Å². The molecule has 1 aromatic rings. The normalized spacial score (nSPS) is 23.2. The van der Waals surface area contributed by atoms with Crippen molar-refractivity contribution in [1.29, 1.82) is 0 Å². The van der Waals surface area contributed by atoms with Crippen molar-refractivity contribution in [3.8, 4) is 0 Å². The fourth-order valence-corrected chi connectivity index (χ4v) is 3.00. The van der Waals surface area contributed by atoms with E-state index in [1.54, 1.807) is 0 Å². The van der Waals surface area contributed by atoms with Crippen molar-refractivity contribution in [2.75, 3.05) is 13.2 Å². The van der Waals surface area contributed by atoms with Crippen molar-refractivity contribution >= 4 is 0 Å². The summed E-state index contributed by atoms with van der Waals surface area (Å²) in [5.41, 5.74) is 7.22. The van der Waals surface area contributed by atoms with Crippen LogP contribution in [0, 0.1) is 0 Å². The monoisotopic (exact) mass is 265 g/mol. The van der Waals surface area contributed by atoms with Crippen LogP contribution in [0.3, 0.4) is 0 Å². The van der Waals surface area contributed by atoms with Crippen LogP contribution in [0.1, 0.15) is 43.8 Å². The van der Waals surface area contributed by atoms with E-state index >= 15 is 0 Å². The standard InChI is InChI=1S/C14H23N3O2/c15-11(10-14-18-7-8-19-14)9-12-5-6-17(16-12)13-3-1-2-4-13/h5-6,11,13-14H,1-4,7-10,15H2. The van der Waals surface area contributed by atoms with Gasteiger partial charge in [-0.1, -0.05) is 12.8 Å². The van der Waals surface area contributed by atoms with E-state index in [9.17, 15) is 0 Å². The van der Waals surface area contributed by atoms with Crippen LogP contribution in [-0.4, -0.2) is 35.3 Å². The van der Waals surface area contributed by atoms with Gasteiger partial charge in [0.2, 0.25) is 0 Å². The van der Waals surface area contributed by atoms with E-state index in [0.717, 1.165) is 18.5 Å². The van der Waals surface area contributed by atoms with Gasteiger partial charge >= 0.3 is 0 Å². The number of nitrogens with two attached hydrogens (primary N) is 1. The van der Waals surface area contributed by atoms with Crippen LogP contribution in [0.25, 0.3) is 0 Å². The van der Waals surface area contributed by atoms with E-state index in [-0.39, 0.29) is 12.3 Å². The molecular formula is C14H23N3O2. The van der Waals surface area contributed by atoms with E-state index < -0.39 is 0 Å². The first kappa shape index (κ1) is 13.1. The Balaban J connectivity index is 1.51. The van der Waals surface area contributed by atoms with Gasteiger partial charge in [-0.15, -0.1) is 0 Å². The summed E-state index contributed by atoms with van der Waals surface area (Å²) in [5.74, 6) is 0. The molecular weight excluding hydrogens is 242 g/mol. The van der Waals surface area contributed by atoms with Gasteiger partial charge in [0, 0.05) is 25.1 Å². The summed E-state index contributed by atoms with van der Waals surface area (Å²) in [7, 11) is 0. The van der Waals surface area contributed by atoms with Gasteiger partial charge in [0.05, 0.1) is 24.9 Å². The molecule has 2 aliphatic rings. The second-order valence-electron chi connectivity index (χ2n) is 5.60. The zero-order valence-corrected chi connectivity index (χ0v) is 11.3. The van der Waals surface area contributed by atoms with E-state index in [4.69, 9.17) is 15.2 Å². The molecule has 1 unspecified atom stereocenters. The first-order chi connectivity index (χ1) is 9.31. The predicted molar refractivity (Wildman–Crippen MR) is 71.7 cm³/mol. The Kier molecular flexibility index (Phi) is 4.15. The van der Waals surface area contributed by atoms with E-state index in [0.29, 0.717) is 19.3 Å². The highest BCUT2D eigenvalue weighted by Crippen LogP contribution is 2.28. The minimum Gasteiger partial charge on any atom is -0.350 e. The van der Waals surface area contributed by atoms with Crippen LogP contribution in [0.5, 0.6) is 0 Å². The highest BCUT2D eigenvalue weighted by Gasteiger charge is 2.21. The van der Waals surface area contributed by atoms with Crippen LogP contribution in [-0.2, 0) is 15.9 Å². The van der Waals surface area contributed by atoms with Gasteiger partial charge in [0.15, 0.2) is 6.29 Å². The molecule has 1 saturated carbocycles. The molecule has 19 heavy (non-hydrogen) atoms. The second kappa shape index (κ2) is 6.03. The quantitative estimate of drug-likeness (QED) is 0.879. The third-order valence-electron chi connectivity index (χ3n) is 4.02. The molecule has 2 heterocycles. The zero-order chi connectivity index (χ0) is 13.1.